The number of aromatic nitrogens is 4. The summed E-state index contributed by atoms with van der Waals surface area (Å²) in [6, 6.07) is 8.51. The van der Waals surface area contributed by atoms with Crippen LogP contribution >= 0.6 is 0 Å². The Kier molecular flexibility index (Phi) is 5.53. The van der Waals surface area contributed by atoms with Crippen molar-refractivity contribution in [3.8, 4) is 11.3 Å². The van der Waals surface area contributed by atoms with Crippen LogP contribution in [-0.2, 0) is 11.8 Å². The van der Waals surface area contributed by atoms with Crippen molar-refractivity contribution in [2.75, 3.05) is 6.61 Å². The summed E-state index contributed by atoms with van der Waals surface area (Å²) in [7, 11) is 1.69. The molecular formula is C26H22F2N4O2. The lowest BCUT2D eigenvalue weighted by molar-refractivity contribution is 0.0822. The molecule has 0 amide bonds. The minimum atomic E-state index is -0.713. The van der Waals surface area contributed by atoms with Crippen LogP contribution in [0.3, 0.4) is 0 Å². The summed E-state index contributed by atoms with van der Waals surface area (Å²) in [5, 5.41) is 0. The van der Waals surface area contributed by atoms with Gasteiger partial charge in [-0.05, 0) is 56.2 Å². The maximum atomic E-state index is 14.8. The normalized spacial score (nSPS) is 16.0. The zero-order valence-corrected chi connectivity index (χ0v) is 19.0. The summed E-state index contributed by atoms with van der Waals surface area (Å²) in [6.45, 7) is 4.15. The van der Waals surface area contributed by atoms with Gasteiger partial charge >= 0.3 is 0 Å². The molecule has 0 saturated heterocycles. The van der Waals surface area contributed by atoms with Crippen LogP contribution in [-0.4, -0.2) is 26.1 Å². The summed E-state index contributed by atoms with van der Waals surface area (Å²) < 4.78 is 35.8. The van der Waals surface area contributed by atoms with Crippen molar-refractivity contribution >= 4 is 16.6 Å². The van der Waals surface area contributed by atoms with Crippen molar-refractivity contribution in [2.45, 2.75) is 26.4 Å². The van der Waals surface area contributed by atoms with Gasteiger partial charge in [-0.2, -0.15) is 0 Å². The maximum absolute atomic E-state index is 14.8. The maximum Gasteiger partial charge on any atom is 0.250 e. The molecule has 0 unspecified atom stereocenters. The Labute approximate surface area is 194 Å². The van der Waals surface area contributed by atoms with E-state index in [0.717, 1.165) is 22.9 Å². The molecule has 0 aliphatic carbocycles. The lowest BCUT2D eigenvalue weighted by Gasteiger charge is -2.23. The highest BCUT2D eigenvalue weighted by molar-refractivity contribution is 5.91. The molecule has 1 atom stereocenters. The van der Waals surface area contributed by atoms with Gasteiger partial charge < -0.3 is 9.30 Å². The van der Waals surface area contributed by atoms with E-state index < -0.39 is 11.6 Å². The van der Waals surface area contributed by atoms with Crippen molar-refractivity contribution in [3.05, 3.63) is 93.3 Å². The van der Waals surface area contributed by atoms with Crippen molar-refractivity contribution in [1.82, 2.24) is 19.5 Å². The van der Waals surface area contributed by atoms with Crippen molar-refractivity contribution in [2.24, 2.45) is 7.05 Å². The first-order chi connectivity index (χ1) is 16.3. The number of halogens is 2. The van der Waals surface area contributed by atoms with Crippen molar-refractivity contribution < 1.29 is 13.5 Å². The monoisotopic (exact) mass is 460 g/mol. The highest BCUT2D eigenvalue weighted by atomic mass is 19.1. The molecule has 3 aromatic heterocycles. The Hall–Kier alpha value is -3.78. The summed E-state index contributed by atoms with van der Waals surface area (Å²) in [5.74, 6) is -1.37. The number of aryl methyl sites for hydroxylation is 3. The highest BCUT2D eigenvalue weighted by Crippen LogP contribution is 2.34. The number of ether oxygens (including phenoxy) is 1. The predicted octanol–water partition coefficient (Wildman–Crippen LogP) is 4.83. The van der Waals surface area contributed by atoms with Gasteiger partial charge in [-0.25, -0.2) is 23.7 Å². The second-order valence-electron chi connectivity index (χ2n) is 8.39. The summed E-state index contributed by atoms with van der Waals surface area (Å²) >= 11 is 0. The Bertz CT molecular complexity index is 1530. The molecular weight excluding hydrogens is 438 g/mol. The molecule has 0 saturated carbocycles. The first-order valence-electron chi connectivity index (χ1n) is 10.9. The molecule has 0 fully saturated rings. The Morgan fingerprint density at radius 3 is 2.59 bits per heavy atom. The van der Waals surface area contributed by atoms with E-state index in [1.807, 2.05) is 26.0 Å². The molecule has 4 heterocycles. The number of hydrogen-bond donors (Lipinski definition) is 0. The van der Waals surface area contributed by atoms with E-state index in [0.29, 0.717) is 41.1 Å². The van der Waals surface area contributed by atoms with Crippen molar-refractivity contribution in [1.29, 1.82) is 0 Å². The third-order valence-electron chi connectivity index (χ3n) is 6.04. The van der Waals surface area contributed by atoms with Gasteiger partial charge in [0.05, 0.1) is 29.2 Å². The summed E-state index contributed by atoms with van der Waals surface area (Å²) in [4.78, 5) is 25.8. The molecule has 1 aliphatic heterocycles. The van der Waals surface area contributed by atoms with Crippen molar-refractivity contribution in [3.63, 3.8) is 0 Å². The van der Waals surface area contributed by atoms with E-state index in [1.165, 1.54) is 22.8 Å². The summed E-state index contributed by atoms with van der Waals surface area (Å²) in [5.41, 5.74) is 5.27. The highest BCUT2D eigenvalue weighted by Gasteiger charge is 2.22. The third-order valence-corrected chi connectivity index (χ3v) is 6.04. The van der Waals surface area contributed by atoms with Crippen LogP contribution in [0.1, 0.15) is 35.2 Å². The molecule has 0 spiro atoms. The van der Waals surface area contributed by atoms with Gasteiger partial charge in [-0.1, -0.05) is 0 Å². The molecule has 0 N–H and O–H groups in total. The zero-order valence-electron chi connectivity index (χ0n) is 19.0. The minimum absolute atomic E-state index is 0.102. The Morgan fingerprint density at radius 1 is 1.03 bits per heavy atom. The second kappa shape index (κ2) is 8.53. The number of benzene rings is 1. The van der Waals surface area contributed by atoms with Gasteiger partial charge in [0.15, 0.2) is 0 Å². The Balaban J connectivity index is 1.69. The van der Waals surface area contributed by atoms with E-state index in [-0.39, 0.29) is 17.2 Å². The van der Waals surface area contributed by atoms with Crippen LogP contribution in [0.5, 0.6) is 0 Å². The van der Waals surface area contributed by atoms with Gasteiger partial charge in [0.2, 0.25) is 5.56 Å². The fourth-order valence-corrected chi connectivity index (χ4v) is 4.06. The molecule has 6 nitrogen and oxygen atoms in total. The van der Waals surface area contributed by atoms with Gasteiger partial charge in [0.1, 0.15) is 28.9 Å². The van der Waals surface area contributed by atoms with Crippen LogP contribution in [0.15, 0.2) is 53.5 Å². The second-order valence-corrected chi connectivity index (χ2v) is 8.39. The fourth-order valence-electron chi connectivity index (χ4n) is 4.06. The molecule has 4 aromatic rings. The topological polar surface area (TPSA) is 69.9 Å². The lowest BCUT2D eigenvalue weighted by atomic mass is 9.99. The van der Waals surface area contributed by atoms with E-state index in [4.69, 9.17) is 9.72 Å². The smallest absolute Gasteiger partial charge is 0.250 e. The number of rotatable bonds is 3. The minimum Gasteiger partial charge on any atom is -0.369 e. The van der Waals surface area contributed by atoms with Crippen LogP contribution in [0.25, 0.3) is 27.9 Å². The Morgan fingerprint density at radius 2 is 1.82 bits per heavy atom. The molecule has 0 bridgehead atoms. The van der Waals surface area contributed by atoms with E-state index in [9.17, 15) is 13.6 Å². The van der Waals surface area contributed by atoms with Gasteiger partial charge in [-0.3, -0.25) is 4.79 Å². The molecule has 1 aliphatic rings. The first-order valence-corrected chi connectivity index (χ1v) is 10.9. The van der Waals surface area contributed by atoms with Crippen LogP contribution < -0.4 is 5.56 Å². The first kappa shape index (κ1) is 22.0. The third kappa shape index (κ3) is 4.01. The van der Waals surface area contributed by atoms with E-state index >= 15 is 0 Å². The predicted molar refractivity (Wildman–Crippen MR) is 125 cm³/mol. The SMILES string of the molecule is Cc1nc2cc(C3=C[C@H](c4ccc(=O)n(C)c4)OCC3)nc(-c3ccc(F)cc3F)c2nc1C. The lowest BCUT2D eigenvalue weighted by Crippen LogP contribution is -2.18. The summed E-state index contributed by atoms with van der Waals surface area (Å²) in [6.07, 6.45) is 3.95. The van der Waals surface area contributed by atoms with Crippen LogP contribution in [0, 0.1) is 25.5 Å². The van der Waals surface area contributed by atoms with Crippen LogP contribution in [0.4, 0.5) is 8.78 Å². The molecule has 5 rings (SSSR count). The van der Waals surface area contributed by atoms with E-state index in [2.05, 4.69) is 9.97 Å². The number of hydrogen-bond acceptors (Lipinski definition) is 5. The molecule has 0 radical (unpaired) electrons. The van der Waals surface area contributed by atoms with E-state index in [1.54, 1.807) is 19.3 Å². The number of fused-ring (bicyclic) bond motifs is 1. The average molecular weight is 460 g/mol. The molecule has 8 heteroatoms. The van der Waals surface area contributed by atoms with Crippen LogP contribution in [0.2, 0.25) is 0 Å². The van der Waals surface area contributed by atoms with Gasteiger partial charge in [-0.15, -0.1) is 0 Å². The fraction of sp³-hybridized carbons (Fsp3) is 0.231. The number of nitrogens with zero attached hydrogens (tertiary/aromatic N) is 4. The van der Waals surface area contributed by atoms with Gasteiger partial charge in [0, 0.05) is 36.5 Å². The average Bonchev–Trinajstić information content (AvgIpc) is 2.81. The largest absolute Gasteiger partial charge is 0.369 e. The quantitative estimate of drug-likeness (QED) is 0.438. The molecule has 172 valence electrons. The standard InChI is InChI=1S/C26H22F2N4O2/c1-14-15(2)30-26-22(29-14)12-21(31-25(26)19-6-5-18(27)11-20(19)28)16-8-9-34-23(10-16)17-4-7-24(33)32(3)13-17/h4-7,10-13,23H,8-9H2,1-3H3/t23-/m1/s1. The number of pyridine rings is 2. The molecule has 1 aromatic carbocycles. The molecule has 34 heavy (non-hydrogen) atoms. The van der Waals surface area contributed by atoms with Gasteiger partial charge in [0.25, 0.3) is 0 Å². The zero-order chi connectivity index (χ0) is 24.0.